The van der Waals surface area contributed by atoms with Crippen molar-refractivity contribution in [2.75, 3.05) is 6.61 Å². The van der Waals surface area contributed by atoms with Crippen molar-refractivity contribution in [3.63, 3.8) is 0 Å². The Bertz CT molecular complexity index is 783. The highest BCUT2D eigenvalue weighted by molar-refractivity contribution is 6.35. The first-order valence-electron chi connectivity index (χ1n) is 7.50. The molecule has 0 spiro atoms. The molecule has 4 nitrogen and oxygen atoms in total. The molecule has 1 amide bonds. The SMILES string of the molecule is C[C@@H](NC(=O)COC(=O)Cc1ccccc1F)c1ccc(Cl)cc1Cl. The number of rotatable bonds is 6. The molecule has 25 heavy (non-hydrogen) atoms. The Balaban J connectivity index is 1.83. The molecular weight excluding hydrogens is 368 g/mol. The van der Waals surface area contributed by atoms with E-state index in [1.54, 1.807) is 31.2 Å². The lowest BCUT2D eigenvalue weighted by molar-refractivity contribution is -0.148. The Labute approximate surface area is 154 Å². The van der Waals surface area contributed by atoms with Gasteiger partial charge >= 0.3 is 5.97 Å². The minimum atomic E-state index is -0.683. The van der Waals surface area contributed by atoms with Gasteiger partial charge in [0.1, 0.15) is 5.82 Å². The molecule has 0 heterocycles. The highest BCUT2D eigenvalue weighted by atomic mass is 35.5. The summed E-state index contributed by atoms with van der Waals surface area (Å²) in [6.45, 7) is 1.29. The van der Waals surface area contributed by atoms with E-state index in [2.05, 4.69) is 5.32 Å². The number of ether oxygens (including phenoxy) is 1. The van der Waals surface area contributed by atoms with Crippen LogP contribution >= 0.6 is 23.2 Å². The van der Waals surface area contributed by atoms with Gasteiger partial charge in [0.05, 0.1) is 12.5 Å². The molecule has 7 heteroatoms. The van der Waals surface area contributed by atoms with Gasteiger partial charge < -0.3 is 10.1 Å². The first-order chi connectivity index (χ1) is 11.9. The van der Waals surface area contributed by atoms with Gasteiger partial charge in [-0.2, -0.15) is 0 Å². The van der Waals surface area contributed by atoms with E-state index >= 15 is 0 Å². The summed E-state index contributed by atoms with van der Waals surface area (Å²) in [7, 11) is 0. The fraction of sp³-hybridized carbons (Fsp3) is 0.222. The van der Waals surface area contributed by atoms with Crippen molar-refractivity contribution in [3.8, 4) is 0 Å². The molecule has 0 saturated carbocycles. The van der Waals surface area contributed by atoms with E-state index in [9.17, 15) is 14.0 Å². The molecule has 0 saturated heterocycles. The zero-order valence-corrected chi connectivity index (χ0v) is 14.9. The second-order valence-corrected chi connectivity index (χ2v) is 6.23. The normalized spacial score (nSPS) is 11.7. The van der Waals surface area contributed by atoms with Crippen molar-refractivity contribution in [1.29, 1.82) is 0 Å². The number of amides is 1. The average molecular weight is 384 g/mol. The van der Waals surface area contributed by atoms with Gasteiger partial charge in [0.2, 0.25) is 0 Å². The summed E-state index contributed by atoms with van der Waals surface area (Å²) in [5.74, 6) is -1.66. The van der Waals surface area contributed by atoms with Gasteiger partial charge in [-0.15, -0.1) is 0 Å². The van der Waals surface area contributed by atoms with Gasteiger partial charge in [-0.25, -0.2) is 4.39 Å². The summed E-state index contributed by atoms with van der Waals surface area (Å²) in [4.78, 5) is 23.6. The topological polar surface area (TPSA) is 55.4 Å². The lowest BCUT2D eigenvalue weighted by Gasteiger charge is -2.16. The lowest BCUT2D eigenvalue weighted by Crippen LogP contribution is -2.31. The van der Waals surface area contributed by atoms with E-state index in [0.29, 0.717) is 15.6 Å². The number of carbonyl (C=O) groups excluding carboxylic acids is 2. The van der Waals surface area contributed by atoms with Crippen molar-refractivity contribution >= 4 is 35.1 Å². The smallest absolute Gasteiger partial charge is 0.310 e. The third-order valence-corrected chi connectivity index (χ3v) is 4.03. The van der Waals surface area contributed by atoms with Crippen molar-refractivity contribution in [1.82, 2.24) is 5.32 Å². The van der Waals surface area contributed by atoms with Crippen LogP contribution in [0.3, 0.4) is 0 Å². The lowest BCUT2D eigenvalue weighted by atomic mass is 10.1. The van der Waals surface area contributed by atoms with Gasteiger partial charge in [0.25, 0.3) is 5.91 Å². The molecule has 0 fully saturated rings. The van der Waals surface area contributed by atoms with Crippen molar-refractivity contribution in [2.24, 2.45) is 0 Å². The van der Waals surface area contributed by atoms with Gasteiger partial charge in [-0.05, 0) is 36.2 Å². The molecule has 0 radical (unpaired) electrons. The highest BCUT2D eigenvalue weighted by Gasteiger charge is 2.15. The largest absolute Gasteiger partial charge is 0.455 e. The molecule has 0 aliphatic rings. The summed E-state index contributed by atoms with van der Waals surface area (Å²) in [5.41, 5.74) is 0.909. The van der Waals surface area contributed by atoms with Crippen LogP contribution in [-0.4, -0.2) is 18.5 Å². The zero-order valence-electron chi connectivity index (χ0n) is 13.4. The van der Waals surface area contributed by atoms with Crippen molar-refractivity contribution in [2.45, 2.75) is 19.4 Å². The first-order valence-corrected chi connectivity index (χ1v) is 8.25. The molecule has 0 aliphatic carbocycles. The zero-order chi connectivity index (χ0) is 18.4. The van der Waals surface area contributed by atoms with E-state index in [4.69, 9.17) is 27.9 Å². The van der Waals surface area contributed by atoms with Gasteiger partial charge in [-0.3, -0.25) is 9.59 Å². The van der Waals surface area contributed by atoms with Crippen LogP contribution in [0.4, 0.5) is 4.39 Å². The van der Waals surface area contributed by atoms with Gasteiger partial charge in [-0.1, -0.05) is 47.5 Å². The van der Waals surface area contributed by atoms with Crippen molar-refractivity contribution < 1.29 is 18.7 Å². The summed E-state index contributed by atoms with van der Waals surface area (Å²) in [5, 5.41) is 3.59. The third kappa shape index (κ3) is 5.73. The average Bonchev–Trinajstić information content (AvgIpc) is 2.55. The molecule has 1 atom stereocenters. The number of esters is 1. The number of nitrogens with one attached hydrogen (secondary N) is 1. The fourth-order valence-corrected chi connectivity index (χ4v) is 2.78. The molecule has 2 aromatic rings. The van der Waals surface area contributed by atoms with Crippen molar-refractivity contribution in [3.05, 3.63) is 69.5 Å². The number of halogens is 3. The predicted octanol–water partition coefficient (Wildman–Crippen LogP) is 4.10. The number of benzene rings is 2. The molecule has 132 valence electrons. The molecule has 0 unspecified atom stereocenters. The summed E-state index contributed by atoms with van der Waals surface area (Å²) in [6, 6.07) is 10.5. The van der Waals surface area contributed by atoms with Crippen LogP contribution in [0.2, 0.25) is 10.0 Å². The maximum atomic E-state index is 13.5. The summed E-state index contributed by atoms with van der Waals surface area (Å²) in [6.07, 6.45) is -0.238. The van der Waals surface area contributed by atoms with Crippen LogP contribution in [-0.2, 0) is 20.7 Å². The van der Waals surface area contributed by atoms with E-state index in [-0.39, 0.29) is 18.0 Å². The second-order valence-electron chi connectivity index (χ2n) is 5.38. The molecule has 2 aromatic carbocycles. The number of carbonyl (C=O) groups is 2. The number of hydrogen-bond acceptors (Lipinski definition) is 3. The minimum Gasteiger partial charge on any atom is -0.455 e. The quantitative estimate of drug-likeness (QED) is 0.764. The summed E-state index contributed by atoms with van der Waals surface area (Å²) < 4.78 is 18.3. The molecular formula is C18H16Cl2FNO3. The molecule has 0 aliphatic heterocycles. The van der Waals surface area contributed by atoms with Crippen LogP contribution in [0.1, 0.15) is 24.1 Å². The van der Waals surface area contributed by atoms with Crippen LogP contribution < -0.4 is 5.32 Å². The Morgan fingerprint density at radius 3 is 2.60 bits per heavy atom. The van der Waals surface area contributed by atoms with Gasteiger partial charge in [0.15, 0.2) is 6.61 Å². The van der Waals surface area contributed by atoms with Gasteiger partial charge in [0, 0.05) is 10.0 Å². The van der Waals surface area contributed by atoms with E-state index in [0.717, 1.165) is 0 Å². The Kier molecular flexibility index (Phi) is 6.79. The summed E-state index contributed by atoms with van der Waals surface area (Å²) >= 11 is 11.9. The monoisotopic (exact) mass is 383 g/mol. The molecule has 1 N–H and O–H groups in total. The molecule has 2 rings (SSSR count). The van der Waals surface area contributed by atoms with E-state index in [1.165, 1.54) is 18.2 Å². The Morgan fingerprint density at radius 2 is 1.92 bits per heavy atom. The Hall–Kier alpha value is -2.11. The Morgan fingerprint density at radius 1 is 1.20 bits per heavy atom. The van der Waals surface area contributed by atoms with E-state index < -0.39 is 24.3 Å². The van der Waals surface area contributed by atoms with Crippen LogP contribution in [0, 0.1) is 5.82 Å². The maximum absolute atomic E-state index is 13.5. The highest BCUT2D eigenvalue weighted by Crippen LogP contribution is 2.25. The third-order valence-electron chi connectivity index (χ3n) is 3.46. The van der Waals surface area contributed by atoms with Crippen LogP contribution in [0.15, 0.2) is 42.5 Å². The first kappa shape index (κ1) is 19.2. The van der Waals surface area contributed by atoms with Crippen LogP contribution in [0.25, 0.3) is 0 Å². The minimum absolute atomic E-state index is 0.217. The fourth-order valence-electron chi connectivity index (χ4n) is 2.21. The predicted molar refractivity (Wildman–Crippen MR) is 94.1 cm³/mol. The molecule has 0 aromatic heterocycles. The number of hydrogen-bond donors (Lipinski definition) is 1. The van der Waals surface area contributed by atoms with Crippen LogP contribution in [0.5, 0.6) is 0 Å². The maximum Gasteiger partial charge on any atom is 0.310 e. The standard InChI is InChI=1S/C18H16Cl2FNO3/c1-11(14-7-6-13(19)9-15(14)20)22-17(23)10-25-18(24)8-12-4-2-3-5-16(12)21/h2-7,9,11H,8,10H2,1H3,(H,22,23)/t11-/m1/s1. The second kappa shape index (κ2) is 8.83. The van der Waals surface area contributed by atoms with E-state index in [1.807, 2.05) is 0 Å². The molecule has 0 bridgehead atoms.